The Morgan fingerprint density at radius 1 is 0.714 bits per heavy atom. The first kappa shape index (κ1) is 27.2. The zero-order valence-electron chi connectivity index (χ0n) is 18.1. The zero-order chi connectivity index (χ0) is 20.7. The van der Waals surface area contributed by atoms with Gasteiger partial charge in [-0.2, -0.15) is 10.5 Å². The van der Waals surface area contributed by atoms with Crippen LogP contribution in [0.4, 0.5) is 0 Å². The second kappa shape index (κ2) is 22.5. The third-order valence-corrected chi connectivity index (χ3v) is 6.58. The lowest BCUT2D eigenvalue weighted by molar-refractivity contribution is 0.451. The Kier molecular flexibility index (Phi) is 21.9. The van der Waals surface area contributed by atoms with Crippen LogP contribution >= 0.6 is 24.0 Å². The molecule has 0 aromatic rings. The SMILES string of the molecule is CCCCCCCCCCCCCCCCSC(=S)N(CCC#N)CCC#N. The molecule has 0 heterocycles. The molecule has 0 amide bonds. The van der Waals surface area contributed by atoms with E-state index in [1.165, 1.54) is 89.9 Å². The molecule has 0 bridgehead atoms. The molecule has 0 saturated carbocycles. The summed E-state index contributed by atoms with van der Waals surface area (Å²) in [7, 11) is 0. The van der Waals surface area contributed by atoms with E-state index in [2.05, 4.69) is 19.1 Å². The van der Waals surface area contributed by atoms with E-state index in [1.807, 2.05) is 4.90 Å². The van der Waals surface area contributed by atoms with Crippen molar-refractivity contribution in [3.8, 4) is 12.1 Å². The van der Waals surface area contributed by atoms with Gasteiger partial charge in [-0.15, -0.1) is 0 Å². The molecule has 0 aliphatic heterocycles. The van der Waals surface area contributed by atoms with Crippen molar-refractivity contribution in [2.45, 2.75) is 110 Å². The minimum absolute atomic E-state index is 0.463. The normalized spacial score (nSPS) is 10.4. The number of hydrogen-bond donors (Lipinski definition) is 0. The third kappa shape index (κ3) is 18.6. The van der Waals surface area contributed by atoms with Gasteiger partial charge in [0.05, 0.1) is 25.0 Å². The molecule has 0 radical (unpaired) electrons. The molecule has 160 valence electrons. The quantitative estimate of drug-likeness (QED) is 0.158. The standard InChI is InChI=1S/C23H41N3S2/c1-2-3-4-5-6-7-8-9-10-11-12-13-14-15-22-28-23(27)26(20-16-18-24)21-17-19-25/h2-17,20-22H2,1H3. The minimum atomic E-state index is 0.463. The number of hydrogen-bond acceptors (Lipinski definition) is 4. The smallest absolute Gasteiger partial charge is 0.136 e. The van der Waals surface area contributed by atoms with E-state index in [9.17, 15) is 0 Å². The van der Waals surface area contributed by atoms with Crippen molar-refractivity contribution in [3.05, 3.63) is 0 Å². The Balaban J connectivity index is 3.44. The Bertz CT molecular complexity index is 422. The average molecular weight is 424 g/mol. The van der Waals surface area contributed by atoms with Crippen molar-refractivity contribution < 1.29 is 0 Å². The third-order valence-electron chi connectivity index (χ3n) is 4.97. The van der Waals surface area contributed by atoms with Gasteiger partial charge in [-0.3, -0.25) is 0 Å². The van der Waals surface area contributed by atoms with Crippen molar-refractivity contribution in [1.29, 1.82) is 10.5 Å². The molecular weight excluding hydrogens is 382 g/mol. The average Bonchev–Trinajstić information content (AvgIpc) is 2.70. The van der Waals surface area contributed by atoms with Gasteiger partial charge < -0.3 is 4.90 Å². The number of thioether (sulfide) groups is 1. The summed E-state index contributed by atoms with van der Waals surface area (Å²) >= 11 is 7.18. The second-order valence-electron chi connectivity index (χ2n) is 7.51. The number of thiocarbonyl (C=S) groups is 1. The fourth-order valence-electron chi connectivity index (χ4n) is 3.21. The monoisotopic (exact) mass is 423 g/mol. The lowest BCUT2D eigenvalue weighted by Crippen LogP contribution is -2.29. The number of unbranched alkanes of at least 4 members (excludes halogenated alkanes) is 13. The van der Waals surface area contributed by atoms with Crippen LogP contribution in [0.2, 0.25) is 0 Å². The topological polar surface area (TPSA) is 50.8 Å². The highest BCUT2D eigenvalue weighted by atomic mass is 32.2. The number of nitriles is 2. The Morgan fingerprint density at radius 2 is 1.11 bits per heavy atom. The van der Waals surface area contributed by atoms with E-state index in [4.69, 9.17) is 22.7 Å². The highest BCUT2D eigenvalue weighted by Crippen LogP contribution is 2.16. The summed E-state index contributed by atoms with van der Waals surface area (Å²) in [5.74, 6) is 1.05. The highest BCUT2D eigenvalue weighted by molar-refractivity contribution is 8.22. The molecule has 28 heavy (non-hydrogen) atoms. The van der Waals surface area contributed by atoms with Crippen molar-refractivity contribution in [3.63, 3.8) is 0 Å². The molecule has 0 N–H and O–H groups in total. The summed E-state index contributed by atoms with van der Waals surface area (Å²) in [4.78, 5) is 2.01. The molecule has 0 aliphatic carbocycles. The summed E-state index contributed by atoms with van der Waals surface area (Å²) in [5.41, 5.74) is 0. The molecule has 0 rings (SSSR count). The predicted molar refractivity (Wildman–Crippen MR) is 127 cm³/mol. The molecule has 0 aliphatic rings. The molecule has 0 atom stereocenters. The van der Waals surface area contributed by atoms with Crippen LogP contribution in [0.25, 0.3) is 0 Å². The van der Waals surface area contributed by atoms with Gasteiger partial charge in [0.15, 0.2) is 0 Å². The summed E-state index contributed by atoms with van der Waals surface area (Å²) in [6.45, 7) is 3.56. The van der Waals surface area contributed by atoms with Crippen LogP contribution < -0.4 is 0 Å². The fraction of sp³-hybridized carbons (Fsp3) is 0.870. The van der Waals surface area contributed by atoms with Gasteiger partial charge in [0.1, 0.15) is 4.32 Å². The second-order valence-corrected chi connectivity index (χ2v) is 9.24. The summed E-state index contributed by atoms with van der Waals surface area (Å²) in [6, 6.07) is 4.32. The first-order valence-corrected chi connectivity index (χ1v) is 12.8. The van der Waals surface area contributed by atoms with Crippen molar-refractivity contribution >= 4 is 28.3 Å². The molecule has 0 unspecified atom stereocenters. The van der Waals surface area contributed by atoms with E-state index >= 15 is 0 Å². The largest absolute Gasteiger partial charge is 0.355 e. The van der Waals surface area contributed by atoms with Gasteiger partial charge in [0, 0.05) is 18.8 Å². The molecule has 0 fully saturated rings. The van der Waals surface area contributed by atoms with Gasteiger partial charge in [-0.05, 0) is 6.42 Å². The first-order chi connectivity index (χ1) is 13.8. The molecule has 0 saturated heterocycles. The van der Waals surface area contributed by atoms with E-state index < -0.39 is 0 Å². The molecule has 5 heteroatoms. The molecular formula is C23H41N3S2. The minimum Gasteiger partial charge on any atom is -0.355 e. The predicted octanol–water partition coefficient (Wildman–Crippen LogP) is 7.62. The maximum absolute atomic E-state index is 8.75. The van der Waals surface area contributed by atoms with Crippen LogP contribution in [-0.4, -0.2) is 28.1 Å². The van der Waals surface area contributed by atoms with E-state index in [0.717, 1.165) is 10.1 Å². The zero-order valence-corrected chi connectivity index (χ0v) is 19.7. The molecule has 0 aromatic heterocycles. The van der Waals surface area contributed by atoms with Gasteiger partial charge in [-0.25, -0.2) is 0 Å². The van der Waals surface area contributed by atoms with Crippen LogP contribution in [-0.2, 0) is 0 Å². The highest BCUT2D eigenvalue weighted by Gasteiger charge is 2.09. The van der Waals surface area contributed by atoms with Gasteiger partial charge >= 0.3 is 0 Å². The van der Waals surface area contributed by atoms with Crippen molar-refractivity contribution in [1.82, 2.24) is 4.90 Å². The number of nitrogens with zero attached hydrogens (tertiary/aromatic N) is 3. The molecule has 0 aromatic carbocycles. The summed E-state index contributed by atoms with van der Waals surface area (Å²) < 4.78 is 0.847. The molecule has 3 nitrogen and oxygen atoms in total. The summed E-state index contributed by atoms with van der Waals surface area (Å²) in [6.07, 6.45) is 20.2. The van der Waals surface area contributed by atoms with Gasteiger partial charge in [0.2, 0.25) is 0 Å². The van der Waals surface area contributed by atoms with Crippen LogP contribution in [0.5, 0.6) is 0 Å². The maximum atomic E-state index is 8.75. The van der Waals surface area contributed by atoms with E-state index in [0.29, 0.717) is 25.9 Å². The maximum Gasteiger partial charge on any atom is 0.136 e. The van der Waals surface area contributed by atoms with Gasteiger partial charge in [0.25, 0.3) is 0 Å². The van der Waals surface area contributed by atoms with Gasteiger partial charge in [-0.1, -0.05) is 114 Å². The van der Waals surface area contributed by atoms with Crippen LogP contribution in [0.15, 0.2) is 0 Å². The van der Waals surface area contributed by atoms with Crippen LogP contribution in [0.1, 0.15) is 110 Å². The lowest BCUT2D eigenvalue weighted by atomic mass is 10.0. The van der Waals surface area contributed by atoms with Crippen LogP contribution in [0, 0.1) is 22.7 Å². The Hall–Kier alpha value is -0.780. The fourth-order valence-corrected chi connectivity index (χ4v) is 4.53. The van der Waals surface area contributed by atoms with Crippen LogP contribution in [0.3, 0.4) is 0 Å². The Labute approximate surface area is 184 Å². The lowest BCUT2D eigenvalue weighted by Gasteiger charge is -2.22. The van der Waals surface area contributed by atoms with Crippen molar-refractivity contribution in [2.75, 3.05) is 18.8 Å². The number of rotatable bonds is 19. The molecule has 0 spiro atoms. The van der Waals surface area contributed by atoms with E-state index in [-0.39, 0.29) is 0 Å². The Morgan fingerprint density at radius 3 is 1.50 bits per heavy atom. The van der Waals surface area contributed by atoms with E-state index in [1.54, 1.807) is 11.8 Å². The first-order valence-electron chi connectivity index (χ1n) is 11.4. The summed E-state index contributed by atoms with van der Waals surface area (Å²) in [5, 5.41) is 17.5. The van der Waals surface area contributed by atoms with Crippen molar-refractivity contribution in [2.24, 2.45) is 0 Å².